The van der Waals surface area contributed by atoms with Crippen LogP contribution in [0.15, 0.2) is 40.9 Å². The highest BCUT2D eigenvalue weighted by molar-refractivity contribution is 5.91. The lowest BCUT2D eigenvalue weighted by molar-refractivity contribution is 0.0743. The molecule has 1 amide bonds. The topological polar surface area (TPSA) is 64.2 Å². The van der Waals surface area contributed by atoms with Crippen molar-refractivity contribution < 1.29 is 9.32 Å². The van der Waals surface area contributed by atoms with Gasteiger partial charge in [-0.15, -0.1) is 0 Å². The van der Waals surface area contributed by atoms with E-state index in [0.29, 0.717) is 6.54 Å². The Labute approximate surface area is 153 Å². The third kappa shape index (κ3) is 3.69. The predicted molar refractivity (Wildman–Crippen MR) is 99.4 cm³/mol. The maximum Gasteiger partial charge on any atom is 0.292 e. The van der Waals surface area contributed by atoms with E-state index in [9.17, 15) is 4.79 Å². The first kappa shape index (κ1) is 17.9. The summed E-state index contributed by atoms with van der Waals surface area (Å²) >= 11 is 0. The first-order valence-corrected chi connectivity index (χ1v) is 8.70. The molecule has 0 bridgehead atoms. The molecule has 0 spiro atoms. The summed E-state index contributed by atoms with van der Waals surface area (Å²) in [5.74, 6) is 0.315. The molecule has 2 heterocycles. The number of hydrogen-bond donors (Lipinski definition) is 0. The second-order valence-electron chi connectivity index (χ2n) is 6.94. The van der Waals surface area contributed by atoms with Crippen LogP contribution in [0, 0.1) is 13.8 Å². The van der Waals surface area contributed by atoms with Crippen LogP contribution >= 0.6 is 0 Å². The summed E-state index contributed by atoms with van der Waals surface area (Å²) in [6, 6.07) is 11.8. The van der Waals surface area contributed by atoms with Gasteiger partial charge in [0.25, 0.3) is 5.91 Å². The molecule has 2 aromatic heterocycles. The van der Waals surface area contributed by atoms with Crippen molar-refractivity contribution in [1.82, 2.24) is 19.8 Å². The number of amides is 1. The van der Waals surface area contributed by atoms with Gasteiger partial charge in [-0.1, -0.05) is 31.1 Å². The SMILES string of the molecule is Cc1cc(C)n(-c2cccc(CN(C)C(=O)c3cc(C(C)C)no3)c2)n1. The minimum absolute atomic E-state index is 0.180. The standard InChI is InChI=1S/C20H24N4O2/c1-13(2)18-11-19(26-22-18)20(25)23(5)12-16-7-6-8-17(10-16)24-15(4)9-14(3)21-24/h6-11,13H,12H2,1-5H3. The van der Waals surface area contributed by atoms with Crippen molar-refractivity contribution in [3.05, 3.63) is 64.8 Å². The maximum absolute atomic E-state index is 12.6. The normalized spacial score (nSPS) is 11.2. The van der Waals surface area contributed by atoms with Crippen LogP contribution in [0.4, 0.5) is 0 Å². The Bertz CT molecular complexity index is 924. The van der Waals surface area contributed by atoms with Crippen molar-refractivity contribution >= 4 is 5.91 Å². The highest BCUT2D eigenvalue weighted by atomic mass is 16.5. The highest BCUT2D eigenvalue weighted by Crippen LogP contribution is 2.18. The third-order valence-electron chi connectivity index (χ3n) is 4.26. The summed E-state index contributed by atoms with van der Waals surface area (Å²) in [5, 5.41) is 8.47. The number of hydrogen-bond acceptors (Lipinski definition) is 4. The van der Waals surface area contributed by atoms with E-state index in [0.717, 1.165) is 28.3 Å². The fraction of sp³-hybridized carbons (Fsp3) is 0.350. The van der Waals surface area contributed by atoms with E-state index in [2.05, 4.69) is 10.3 Å². The number of aryl methyl sites for hydroxylation is 2. The van der Waals surface area contributed by atoms with Gasteiger partial charge >= 0.3 is 0 Å². The Morgan fingerprint density at radius 1 is 1.23 bits per heavy atom. The van der Waals surface area contributed by atoms with Gasteiger partial charge in [0.05, 0.1) is 17.1 Å². The molecular weight excluding hydrogens is 328 g/mol. The van der Waals surface area contributed by atoms with Crippen molar-refractivity contribution in [2.45, 2.75) is 40.2 Å². The molecular formula is C20H24N4O2. The zero-order valence-corrected chi connectivity index (χ0v) is 15.9. The quantitative estimate of drug-likeness (QED) is 0.699. The molecule has 6 heteroatoms. The van der Waals surface area contributed by atoms with Crippen molar-refractivity contribution in [3.8, 4) is 5.69 Å². The van der Waals surface area contributed by atoms with Crippen LogP contribution in [0.2, 0.25) is 0 Å². The Balaban J connectivity index is 1.76. The smallest absolute Gasteiger partial charge is 0.292 e. The van der Waals surface area contributed by atoms with E-state index in [-0.39, 0.29) is 17.6 Å². The summed E-state index contributed by atoms with van der Waals surface area (Å²) in [6.07, 6.45) is 0. The molecule has 3 rings (SSSR count). The van der Waals surface area contributed by atoms with Crippen LogP contribution in [0.25, 0.3) is 5.69 Å². The molecule has 0 fully saturated rings. The summed E-state index contributed by atoms with van der Waals surface area (Å²) in [6.45, 7) is 8.51. The van der Waals surface area contributed by atoms with Gasteiger partial charge in [0.15, 0.2) is 0 Å². The van der Waals surface area contributed by atoms with Gasteiger partial charge < -0.3 is 9.42 Å². The van der Waals surface area contributed by atoms with Gasteiger partial charge in [-0.3, -0.25) is 4.79 Å². The van der Waals surface area contributed by atoms with Gasteiger partial charge in [-0.2, -0.15) is 5.10 Å². The summed E-state index contributed by atoms with van der Waals surface area (Å²) in [5.41, 5.74) is 4.84. The Morgan fingerprint density at radius 2 is 2.00 bits per heavy atom. The number of nitrogens with zero attached hydrogens (tertiary/aromatic N) is 4. The minimum Gasteiger partial charge on any atom is -0.351 e. The molecule has 6 nitrogen and oxygen atoms in total. The fourth-order valence-corrected chi connectivity index (χ4v) is 2.87. The number of aromatic nitrogens is 3. The van der Waals surface area contributed by atoms with Crippen molar-refractivity contribution in [2.24, 2.45) is 0 Å². The monoisotopic (exact) mass is 352 g/mol. The van der Waals surface area contributed by atoms with Crippen molar-refractivity contribution in [1.29, 1.82) is 0 Å². The van der Waals surface area contributed by atoms with E-state index >= 15 is 0 Å². The molecule has 0 atom stereocenters. The molecule has 136 valence electrons. The molecule has 0 unspecified atom stereocenters. The van der Waals surface area contributed by atoms with E-state index in [1.54, 1.807) is 18.0 Å². The Hall–Kier alpha value is -2.89. The predicted octanol–water partition coefficient (Wildman–Crippen LogP) is 3.87. The van der Waals surface area contributed by atoms with Gasteiger partial charge in [-0.25, -0.2) is 4.68 Å². The molecule has 3 aromatic rings. The van der Waals surface area contributed by atoms with E-state index in [4.69, 9.17) is 4.52 Å². The molecule has 0 aliphatic carbocycles. The first-order chi connectivity index (χ1) is 12.3. The summed E-state index contributed by atoms with van der Waals surface area (Å²) < 4.78 is 7.11. The average molecular weight is 352 g/mol. The highest BCUT2D eigenvalue weighted by Gasteiger charge is 2.19. The van der Waals surface area contributed by atoms with Crippen LogP contribution in [-0.4, -0.2) is 32.8 Å². The van der Waals surface area contributed by atoms with Crippen molar-refractivity contribution in [3.63, 3.8) is 0 Å². The second kappa shape index (κ2) is 7.15. The average Bonchev–Trinajstić information content (AvgIpc) is 3.21. The molecule has 0 aliphatic rings. The van der Waals surface area contributed by atoms with Crippen LogP contribution in [0.3, 0.4) is 0 Å². The summed E-state index contributed by atoms with van der Waals surface area (Å²) in [7, 11) is 1.76. The van der Waals surface area contributed by atoms with Gasteiger partial charge in [0.2, 0.25) is 5.76 Å². The van der Waals surface area contributed by atoms with Gasteiger partial charge in [0.1, 0.15) is 0 Å². The second-order valence-corrected chi connectivity index (χ2v) is 6.94. The molecule has 0 aliphatic heterocycles. The third-order valence-corrected chi connectivity index (χ3v) is 4.26. The summed E-state index contributed by atoms with van der Waals surface area (Å²) in [4.78, 5) is 14.2. The van der Waals surface area contributed by atoms with Gasteiger partial charge in [0, 0.05) is 25.4 Å². The largest absolute Gasteiger partial charge is 0.351 e. The van der Waals surface area contributed by atoms with E-state index in [1.165, 1.54) is 0 Å². The lowest BCUT2D eigenvalue weighted by Crippen LogP contribution is -2.25. The molecule has 0 saturated carbocycles. The number of carbonyl (C=O) groups excluding carboxylic acids is 1. The number of benzene rings is 1. The minimum atomic E-state index is -0.180. The van der Waals surface area contributed by atoms with Crippen molar-refractivity contribution in [2.75, 3.05) is 7.05 Å². The molecule has 0 saturated heterocycles. The van der Waals surface area contributed by atoms with Crippen LogP contribution in [-0.2, 0) is 6.54 Å². The van der Waals surface area contributed by atoms with E-state index < -0.39 is 0 Å². The number of carbonyl (C=O) groups is 1. The zero-order valence-electron chi connectivity index (χ0n) is 15.9. The lowest BCUT2D eigenvalue weighted by Gasteiger charge is -2.16. The fourth-order valence-electron chi connectivity index (χ4n) is 2.87. The molecule has 0 radical (unpaired) electrons. The molecule has 0 N–H and O–H groups in total. The van der Waals surface area contributed by atoms with Crippen LogP contribution in [0.1, 0.15) is 53.0 Å². The van der Waals surface area contributed by atoms with Crippen LogP contribution < -0.4 is 0 Å². The molecule has 26 heavy (non-hydrogen) atoms. The Kier molecular flexibility index (Phi) is 4.93. The zero-order chi connectivity index (χ0) is 18.8. The first-order valence-electron chi connectivity index (χ1n) is 8.70. The van der Waals surface area contributed by atoms with Gasteiger partial charge in [-0.05, 0) is 43.5 Å². The molecule has 1 aromatic carbocycles. The lowest BCUT2D eigenvalue weighted by atomic mass is 10.1. The maximum atomic E-state index is 12.6. The van der Waals surface area contributed by atoms with E-state index in [1.807, 2.05) is 62.7 Å². The van der Waals surface area contributed by atoms with Crippen LogP contribution in [0.5, 0.6) is 0 Å². The Morgan fingerprint density at radius 3 is 2.62 bits per heavy atom. The number of rotatable bonds is 5.